The Kier molecular flexibility index (Phi) is 3.74. The maximum Gasteiger partial charge on any atom is 0.0923 e. The normalized spacial score (nSPS) is 10.6. The highest BCUT2D eigenvalue weighted by Crippen LogP contribution is 2.20. The largest absolute Gasteiger partial charge is 0.319 e. The molecule has 3 nitrogen and oxygen atoms in total. The van der Waals surface area contributed by atoms with E-state index >= 15 is 0 Å². The van der Waals surface area contributed by atoms with Crippen LogP contribution in [0.2, 0.25) is 0 Å². The molecule has 2 rings (SSSR count). The van der Waals surface area contributed by atoms with Crippen LogP contribution in [0.4, 0.5) is 0 Å². The van der Waals surface area contributed by atoms with E-state index in [1.807, 2.05) is 19.2 Å². The molecule has 0 bridgehead atoms. The van der Waals surface area contributed by atoms with Gasteiger partial charge in [-0.05, 0) is 25.2 Å². The van der Waals surface area contributed by atoms with Gasteiger partial charge in [0.1, 0.15) is 0 Å². The standard InChI is InChI=1S/C12H14BrN3/c1-14-7-6-11-8-12(16-15-11)9-2-4-10(13)5-3-9/h2-5,8,14H,6-7H2,1H3,(H,15,16). The van der Waals surface area contributed by atoms with Crippen molar-refractivity contribution in [2.45, 2.75) is 6.42 Å². The Morgan fingerprint density at radius 2 is 2.06 bits per heavy atom. The fraction of sp³-hybridized carbons (Fsp3) is 0.250. The van der Waals surface area contributed by atoms with Crippen molar-refractivity contribution < 1.29 is 0 Å². The molecule has 0 fully saturated rings. The van der Waals surface area contributed by atoms with Crippen LogP contribution in [-0.2, 0) is 6.42 Å². The Bertz CT molecular complexity index is 448. The van der Waals surface area contributed by atoms with Crippen LogP contribution < -0.4 is 5.32 Å². The molecule has 0 aliphatic carbocycles. The first-order chi connectivity index (χ1) is 7.79. The van der Waals surface area contributed by atoms with Crippen LogP contribution >= 0.6 is 15.9 Å². The Labute approximate surface area is 103 Å². The first-order valence-electron chi connectivity index (χ1n) is 5.24. The van der Waals surface area contributed by atoms with Crippen LogP contribution in [0.3, 0.4) is 0 Å². The van der Waals surface area contributed by atoms with Crippen molar-refractivity contribution in [3.8, 4) is 11.3 Å². The maximum atomic E-state index is 4.30. The second-order valence-corrected chi connectivity index (χ2v) is 4.55. The Morgan fingerprint density at radius 1 is 1.31 bits per heavy atom. The number of halogens is 1. The van der Waals surface area contributed by atoms with Crippen LogP contribution in [0.15, 0.2) is 34.8 Å². The molecule has 0 unspecified atom stereocenters. The van der Waals surface area contributed by atoms with Crippen LogP contribution in [0, 0.1) is 0 Å². The summed E-state index contributed by atoms with van der Waals surface area (Å²) < 4.78 is 1.09. The topological polar surface area (TPSA) is 40.7 Å². The third-order valence-electron chi connectivity index (χ3n) is 2.42. The highest BCUT2D eigenvalue weighted by molar-refractivity contribution is 9.10. The van der Waals surface area contributed by atoms with E-state index < -0.39 is 0 Å². The lowest BCUT2D eigenvalue weighted by molar-refractivity contribution is 0.772. The number of hydrogen-bond donors (Lipinski definition) is 2. The minimum Gasteiger partial charge on any atom is -0.319 e. The van der Waals surface area contributed by atoms with Crippen LogP contribution in [0.1, 0.15) is 5.69 Å². The first-order valence-corrected chi connectivity index (χ1v) is 6.04. The van der Waals surface area contributed by atoms with E-state index in [2.05, 4.69) is 49.6 Å². The summed E-state index contributed by atoms with van der Waals surface area (Å²) in [6, 6.07) is 10.3. The molecular weight excluding hydrogens is 266 g/mol. The van der Waals surface area contributed by atoms with Crippen molar-refractivity contribution in [1.82, 2.24) is 15.5 Å². The fourth-order valence-corrected chi connectivity index (χ4v) is 1.78. The SMILES string of the molecule is CNCCc1cc(-c2ccc(Br)cc2)n[nH]1. The smallest absolute Gasteiger partial charge is 0.0923 e. The van der Waals surface area contributed by atoms with E-state index in [-0.39, 0.29) is 0 Å². The molecule has 0 spiro atoms. The fourth-order valence-electron chi connectivity index (χ4n) is 1.52. The van der Waals surface area contributed by atoms with Crippen LogP contribution in [0.25, 0.3) is 11.3 Å². The van der Waals surface area contributed by atoms with E-state index in [1.54, 1.807) is 0 Å². The number of aromatic nitrogens is 2. The summed E-state index contributed by atoms with van der Waals surface area (Å²) in [5.74, 6) is 0. The molecule has 0 aliphatic rings. The van der Waals surface area contributed by atoms with Gasteiger partial charge in [-0.1, -0.05) is 28.1 Å². The number of nitrogens with zero attached hydrogens (tertiary/aromatic N) is 1. The number of rotatable bonds is 4. The second-order valence-electron chi connectivity index (χ2n) is 3.64. The highest BCUT2D eigenvalue weighted by Gasteiger charge is 2.03. The van der Waals surface area contributed by atoms with Crippen LogP contribution in [0.5, 0.6) is 0 Å². The Hall–Kier alpha value is -1.13. The van der Waals surface area contributed by atoms with Gasteiger partial charge >= 0.3 is 0 Å². The third-order valence-corrected chi connectivity index (χ3v) is 2.94. The summed E-state index contributed by atoms with van der Waals surface area (Å²) in [5.41, 5.74) is 3.29. The predicted octanol–water partition coefficient (Wildman–Crippen LogP) is 2.60. The average molecular weight is 280 g/mol. The molecule has 84 valence electrons. The zero-order valence-electron chi connectivity index (χ0n) is 9.13. The minimum absolute atomic E-state index is 0.960. The Morgan fingerprint density at radius 3 is 2.75 bits per heavy atom. The zero-order chi connectivity index (χ0) is 11.4. The number of aromatic amines is 1. The predicted molar refractivity (Wildman–Crippen MR) is 69.4 cm³/mol. The molecular formula is C12H14BrN3. The minimum atomic E-state index is 0.960. The third kappa shape index (κ3) is 2.71. The highest BCUT2D eigenvalue weighted by atomic mass is 79.9. The van der Waals surface area contributed by atoms with E-state index in [1.165, 1.54) is 0 Å². The van der Waals surface area contributed by atoms with Gasteiger partial charge in [-0.25, -0.2) is 0 Å². The molecule has 0 radical (unpaired) electrons. The lowest BCUT2D eigenvalue weighted by Crippen LogP contribution is -2.10. The molecule has 1 aromatic heterocycles. The molecule has 2 aromatic rings. The van der Waals surface area contributed by atoms with E-state index in [0.717, 1.165) is 34.4 Å². The molecule has 1 aromatic carbocycles. The molecule has 0 saturated carbocycles. The summed E-state index contributed by atoms with van der Waals surface area (Å²) >= 11 is 3.42. The number of H-pyrrole nitrogens is 1. The number of hydrogen-bond acceptors (Lipinski definition) is 2. The molecule has 0 amide bonds. The quantitative estimate of drug-likeness (QED) is 0.903. The van der Waals surface area contributed by atoms with Gasteiger partial charge in [0.15, 0.2) is 0 Å². The van der Waals surface area contributed by atoms with Crippen molar-refractivity contribution in [3.63, 3.8) is 0 Å². The molecule has 0 atom stereocenters. The van der Waals surface area contributed by atoms with E-state index in [0.29, 0.717) is 0 Å². The van der Waals surface area contributed by atoms with Gasteiger partial charge in [-0.2, -0.15) is 5.10 Å². The van der Waals surface area contributed by atoms with Gasteiger partial charge in [0, 0.05) is 28.7 Å². The summed E-state index contributed by atoms with van der Waals surface area (Å²) in [6.45, 7) is 0.960. The number of nitrogens with one attached hydrogen (secondary N) is 2. The summed E-state index contributed by atoms with van der Waals surface area (Å²) in [7, 11) is 1.95. The van der Waals surface area contributed by atoms with Crippen molar-refractivity contribution in [3.05, 3.63) is 40.5 Å². The number of likely N-dealkylation sites (N-methyl/N-ethyl adjacent to an activating group) is 1. The monoisotopic (exact) mass is 279 g/mol. The van der Waals surface area contributed by atoms with Gasteiger partial charge in [0.25, 0.3) is 0 Å². The van der Waals surface area contributed by atoms with Crippen molar-refractivity contribution in [2.75, 3.05) is 13.6 Å². The van der Waals surface area contributed by atoms with Gasteiger partial charge < -0.3 is 5.32 Å². The van der Waals surface area contributed by atoms with Gasteiger partial charge in [0.05, 0.1) is 5.69 Å². The zero-order valence-corrected chi connectivity index (χ0v) is 10.7. The van der Waals surface area contributed by atoms with E-state index in [4.69, 9.17) is 0 Å². The maximum absolute atomic E-state index is 4.30. The van der Waals surface area contributed by atoms with E-state index in [9.17, 15) is 0 Å². The molecule has 1 heterocycles. The first kappa shape index (κ1) is 11.4. The lowest BCUT2D eigenvalue weighted by atomic mass is 10.1. The van der Waals surface area contributed by atoms with Crippen molar-refractivity contribution >= 4 is 15.9 Å². The summed E-state index contributed by atoms with van der Waals surface area (Å²) in [6.07, 6.45) is 0.972. The summed E-state index contributed by atoms with van der Waals surface area (Å²) in [4.78, 5) is 0. The number of benzene rings is 1. The molecule has 4 heteroatoms. The van der Waals surface area contributed by atoms with Crippen LogP contribution in [-0.4, -0.2) is 23.8 Å². The van der Waals surface area contributed by atoms with Gasteiger partial charge in [-0.3, -0.25) is 5.10 Å². The molecule has 0 aliphatic heterocycles. The Balaban J connectivity index is 2.15. The molecule has 16 heavy (non-hydrogen) atoms. The molecule has 0 saturated heterocycles. The molecule has 2 N–H and O–H groups in total. The van der Waals surface area contributed by atoms with Crippen molar-refractivity contribution in [1.29, 1.82) is 0 Å². The second kappa shape index (κ2) is 5.27. The van der Waals surface area contributed by atoms with Gasteiger partial charge in [-0.15, -0.1) is 0 Å². The average Bonchev–Trinajstić information content (AvgIpc) is 2.76. The van der Waals surface area contributed by atoms with Gasteiger partial charge in [0.2, 0.25) is 0 Å². The summed E-state index contributed by atoms with van der Waals surface area (Å²) in [5, 5.41) is 10.5. The van der Waals surface area contributed by atoms with Crippen molar-refractivity contribution in [2.24, 2.45) is 0 Å². The lowest BCUT2D eigenvalue weighted by Gasteiger charge is -1.95.